The minimum absolute atomic E-state index is 0.0457. The summed E-state index contributed by atoms with van der Waals surface area (Å²) in [7, 11) is 0. The summed E-state index contributed by atoms with van der Waals surface area (Å²) in [4.78, 5) is 31.5. The number of amides is 1. The van der Waals surface area contributed by atoms with Crippen LogP contribution in [0.2, 0.25) is 0 Å². The van der Waals surface area contributed by atoms with E-state index in [1.54, 1.807) is 0 Å². The van der Waals surface area contributed by atoms with Crippen molar-refractivity contribution in [2.75, 3.05) is 26.2 Å². The van der Waals surface area contributed by atoms with Gasteiger partial charge in [-0.05, 0) is 25.8 Å². The maximum Gasteiger partial charge on any atom is 0.355 e. The predicted molar refractivity (Wildman–Crippen MR) is 74.2 cm³/mol. The van der Waals surface area contributed by atoms with Crippen molar-refractivity contribution < 1.29 is 14.7 Å². The van der Waals surface area contributed by atoms with E-state index in [0.29, 0.717) is 6.04 Å². The minimum atomic E-state index is -1.09. The number of hydrogen-bond donors (Lipinski definition) is 1. The van der Waals surface area contributed by atoms with E-state index in [2.05, 4.69) is 9.88 Å². The maximum absolute atomic E-state index is 12.4. The van der Waals surface area contributed by atoms with E-state index in [1.807, 2.05) is 4.90 Å². The third-order valence-electron chi connectivity index (χ3n) is 4.00. The van der Waals surface area contributed by atoms with Gasteiger partial charge in [-0.1, -0.05) is 0 Å². The van der Waals surface area contributed by atoms with Crippen LogP contribution in [0.25, 0.3) is 0 Å². The van der Waals surface area contributed by atoms with Gasteiger partial charge in [0.15, 0.2) is 10.7 Å². The number of fused-ring (bicyclic) bond motifs is 1. The van der Waals surface area contributed by atoms with Crippen LogP contribution in [0.4, 0.5) is 0 Å². The molecule has 0 radical (unpaired) electrons. The summed E-state index contributed by atoms with van der Waals surface area (Å²) in [5.41, 5.74) is -0.0457. The lowest BCUT2D eigenvalue weighted by atomic mass is 10.2. The average Bonchev–Trinajstić information content (AvgIpc) is 3.03. The Morgan fingerprint density at radius 2 is 2.10 bits per heavy atom. The Morgan fingerprint density at radius 3 is 2.85 bits per heavy atom. The number of carboxylic acids is 1. The fraction of sp³-hybridized carbons (Fsp3) is 0.615. The van der Waals surface area contributed by atoms with Gasteiger partial charge in [-0.25, -0.2) is 9.78 Å². The maximum atomic E-state index is 12.4. The second-order valence-electron chi connectivity index (χ2n) is 5.28. The smallest absolute Gasteiger partial charge is 0.355 e. The lowest BCUT2D eigenvalue weighted by molar-refractivity contribution is 0.0691. The molecule has 0 spiro atoms. The van der Waals surface area contributed by atoms with Gasteiger partial charge in [0, 0.05) is 31.1 Å². The number of thiazole rings is 1. The van der Waals surface area contributed by atoms with Crippen molar-refractivity contribution in [2.24, 2.45) is 0 Å². The molecule has 2 aliphatic heterocycles. The zero-order valence-electron chi connectivity index (χ0n) is 11.1. The molecule has 0 aromatic carbocycles. The largest absolute Gasteiger partial charge is 0.476 e. The topological polar surface area (TPSA) is 73.7 Å². The highest BCUT2D eigenvalue weighted by Crippen LogP contribution is 2.23. The molecule has 2 saturated heterocycles. The lowest BCUT2D eigenvalue weighted by Crippen LogP contribution is -2.39. The first-order chi connectivity index (χ1) is 9.65. The summed E-state index contributed by atoms with van der Waals surface area (Å²) in [5, 5.41) is 10.6. The van der Waals surface area contributed by atoms with Crippen LogP contribution in [0.5, 0.6) is 0 Å². The molecule has 0 bridgehead atoms. The number of hydrogen-bond acceptors (Lipinski definition) is 5. The second kappa shape index (κ2) is 5.49. The molecule has 1 aromatic rings. The molecule has 1 unspecified atom stereocenters. The van der Waals surface area contributed by atoms with Gasteiger partial charge in [0.05, 0.1) is 0 Å². The Labute approximate surface area is 121 Å². The van der Waals surface area contributed by atoms with E-state index < -0.39 is 5.97 Å². The van der Waals surface area contributed by atoms with Gasteiger partial charge < -0.3 is 10.0 Å². The molecule has 1 atom stereocenters. The molecule has 20 heavy (non-hydrogen) atoms. The Balaban J connectivity index is 1.73. The highest BCUT2D eigenvalue weighted by molar-refractivity contribution is 7.11. The summed E-state index contributed by atoms with van der Waals surface area (Å²) >= 11 is 1.11. The Morgan fingerprint density at radius 1 is 1.30 bits per heavy atom. The standard InChI is InChI=1S/C13H17N3O3S/c17-12(11-14-10(8-20-11)13(18)19)16-6-2-5-15-4-1-3-9(15)7-16/h8-9H,1-7H2,(H,18,19). The van der Waals surface area contributed by atoms with Crippen molar-refractivity contribution in [2.45, 2.75) is 25.3 Å². The van der Waals surface area contributed by atoms with Crippen molar-refractivity contribution in [3.63, 3.8) is 0 Å². The quantitative estimate of drug-likeness (QED) is 0.886. The second-order valence-corrected chi connectivity index (χ2v) is 6.14. The fourth-order valence-electron chi connectivity index (χ4n) is 3.00. The van der Waals surface area contributed by atoms with Gasteiger partial charge in [-0.3, -0.25) is 9.69 Å². The van der Waals surface area contributed by atoms with Crippen LogP contribution in [0, 0.1) is 0 Å². The van der Waals surface area contributed by atoms with Gasteiger partial charge in [-0.15, -0.1) is 11.3 Å². The fourth-order valence-corrected chi connectivity index (χ4v) is 3.75. The molecule has 0 saturated carbocycles. The highest BCUT2D eigenvalue weighted by Gasteiger charge is 2.31. The van der Waals surface area contributed by atoms with Crippen LogP contribution in [-0.2, 0) is 0 Å². The van der Waals surface area contributed by atoms with Crippen LogP contribution in [0.1, 0.15) is 39.6 Å². The zero-order chi connectivity index (χ0) is 14.1. The number of rotatable bonds is 2. The zero-order valence-corrected chi connectivity index (χ0v) is 11.9. The summed E-state index contributed by atoms with van der Waals surface area (Å²) < 4.78 is 0. The molecular weight excluding hydrogens is 278 g/mol. The molecule has 2 aliphatic rings. The minimum Gasteiger partial charge on any atom is -0.476 e. The van der Waals surface area contributed by atoms with Crippen LogP contribution in [0.15, 0.2) is 5.38 Å². The van der Waals surface area contributed by atoms with Crippen molar-refractivity contribution in [3.8, 4) is 0 Å². The van der Waals surface area contributed by atoms with Crippen LogP contribution >= 0.6 is 11.3 Å². The summed E-state index contributed by atoms with van der Waals surface area (Å²) in [5.74, 6) is -1.21. The van der Waals surface area contributed by atoms with E-state index in [0.717, 1.165) is 50.4 Å². The predicted octanol–water partition coefficient (Wildman–Crippen LogP) is 1.15. The van der Waals surface area contributed by atoms with Crippen molar-refractivity contribution in [1.29, 1.82) is 0 Å². The first kappa shape index (κ1) is 13.5. The average molecular weight is 295 g/mol. The molecule has 3 rings (SSSR count). The van der Waals surface area contributed by atoms with Crippen molar-refractivity contribution in [3.05, 3.63) is 16.1 Å². The number of aromatic nitrogens is 1. The van der Waals surface area contributed by atoms with Crippen molar-refractivity contribution >= 4 is 23.2 Å². The van der Waals surface area contributed by atoms with E-state index in [9.17, 15) is 9.59 Å². The van der Waals surface area contributed by atoms with E-state index in [-0.39, 0.29) is 16.6 Å². The molecule has 2 fully saturated rings. The molecule has 1 aromatic heterocycles. The first-order valence-electron chi connectivity index (χ1n) is 6.87. The van der Waals surface area contributed by atoms with Crippen LogP contribution in [0.3, 0.4) is 0 Å². The molecule has 1 amide bonds. The van der Waals surface area contributed by atoms with Crippen molar-refractivity contribution in [1.82, 2.24) is 14.8 Å². The molecular formula is C13H17N3O3S. The number of nitrogens with zero attached hydrogens (tertiary/aromatic N) is 3. The summed E-state index contributed by atoms with van der Waals surface area (Å²) in [6.07, 6.45) is 3.31. The third-order valence-corrected chi connectivity index (χ3v) is 4.83. The molecule has 0 aliphatic carbocycles. The molecule has 3 heterocycles. The molecule has 1 N–H and O–H groups in total. The van der Waals surface area contributed by atoms with Crippen LogP contribution < -0.4 is 0 Å². The van der Waals surface area contributed by atoms with E-state index in [1.165, 1.54) is 11.8 Å². The molecule has 7 heteroatoms. The van der Waals surface area contributed by atoms with Gasteiger partial charge in [0.25, 0.3) is 5.91 Å². The highest BCUT2D eigenvalue weighted by atomic mass is 32.1. The SMILES string of the molecule is O=C(O)c1csc(C(=O)N2CCCN3CCCC3C2)n1. The summed E-state index contributed by atoms with van der Waals surface area (Å²) in [6, 6.07) is 0.459. The van der Waals surface area contributed by atoms with Gasteiger partial charge in [-0.2, -0.15) is 0 Å². The number of carboxylic acid groups (broad SMARTS) is 1. The van der Waals surface area contributed by atoms with Gasteiger partial charge >= 0.3 is 5.97 Å². The van der Waals surface area contributed by atoms with E-state index in [4.69, 9.17) is 5.11 Å². The number of carbonyl (C=O) groups excluding carboxylic acids is 1. The van der Waals surface area contributed by atoms with Gasteiger partial charge in [0.2, 0.25) is 0 Å². The number of carbonyl (C=O) groups is 2. The summed E-state index contributed by atoms with van der Waals surface area (Å²) in [6.45, 7) is 3.65. The van der Waals surface area contributed by atoms with Crippen LogP contribution in [-0.4, -0.2) is 64.0 Å². The number of aromatic carboxylic acids is 1. The lowest BCUT2D eigenvalue weighted by Gasteiger charge is -2.25. The Kier molecular flexibility index (Phi) is 3.71. The first-order valence-corrected chi connectivity index (χ1v) is 7.75. The molecule has 108 valence electrons. The normalized spacial score (nSPS) is 23.4. The monoisotopic (exact) mass is 295 g/mol. The third kappa shape index (κ3) is 2.55. The Bertz CT molecular complexity index is 531. The van der Waals surface area contributed by atoms with Gasteiger partial charge in [0.1, 0.15) is 0 Å². The molecule has 6 nitrogen and oxygen atoms in total. The van der Waals surface area contributed by atoms with E-state index >= 15 is 0 Å². The Hall–Kier alpha value is -1.47.